The maximum atomic E-state index is 12.1. The van der Waals surface area contributed by atoms with Gasteiger partial charge >= 0.3 is 0 Å². The monoisotopic (exact) mass is 333 g/mol. The number of benzene rings is 1. The van der Waals surface area contributed by atoms with Crippen LogP contribution < -0.4 is 4.72 Å². The van der Waals surface area contributed by atoms with E-state index in [1.807, 2.05) is 26.0 Å². The van der Waals surface area contributed by atoms with Crippen molar-refractivity contribution in [2.45, 2.75) is 43.5 Å². The Morgan fingerprint density at radius 3 is 2.22 bits per heavy atom. The van der Waals surface area contributed by atoms with Gasteiger partial charge in [0.15, 0.2) is 0 Å². The maximum Gasteiger partial charge on any atom is 0.240 e. The summed E-state index contributed by atoms with van der Waals surface area (Å²) in [4.78, 5) is 0.322. The average molecular weight is 334 g/mol. The van der Waals surface area contributed by atoms with Crippen LogP contribution in [-0.2, 0) is 15.4 Å². The van der Waals surface area contributed by atoms with Crippen LogP contribution in [0.1, 0.15) is 32.8 Å². The van der Waals surface area contributed by atoms with Crippen molar-refractivity contribution in [3.63, 3.8) is 0 Å². The van der Waals surface area contributed by atoms with Crippen LogP contribution in [-0.4, -0.2) is 14.5 Å². The van der Waals surface area contributed by atoms with E-state index in [-0.39, 0.29) is 6.04 Å². The highest BCUT2D eigenvalue weighted by molar-refractivity contribution is 9.08. The van der Waals surface area contributed by atoms with Gasteiger partial charge in [0.2, 0.25) is 10.0 Å². The fourth-order valence-corrected chi connectivity index (χ4v) is 3.27. The summed E-state index contributed by atoms with van der Waals surface area (Å²) in [5, 5.41) is 0.726. The Morgan fingerprint density at radius 1 is 1.22 bits per heavy atom. The molecule has 1 aromatic rings. The quantitative estimate of drug-likeness (QED) is 0.812. The first-order valence-electron chi connectivity index (χ1n) is 6.08. The van der Waals surface area contributed by atoms with Crippen LogP contribution >= 0.6 is 15.9 Å². The molecule has 0 bridgehead atoms. The Morgan fingerprint density at radius 2 is 1.78 bits per heavy atom. The lowest BCUT2D eigenvalue weighted by Crippen LogP contribution is -2.36. The van der Waals surface area contributed by atoms with Crippen LogP contribution in [0.25, 0.3) is 0 Å². The minimum absolute atomic E-state index is 0.0594. The first-order chi connectivity index (χ1) is 8.40. The van der Waals surface area contributed by atoms with Gasteiger partial charge in [-0.15, -0.1) is 0 Å². The molecule has 2 unspecified atom stereocenters. The molecule has 0 amide bonds. The van der Waals surface area contributed by atoms with Gasteiger partial charge in [-0.2, -0.15) is 0 Å². The molecule has 0 heterocycles. The van der Waals surface area contributed by atoms with Gasteiger partial charge in [-0.1, -0.05) is 48.3 Å². The smallest absolute Gasteiger partial charge is 0.208 e. The van der Waals surface area contributed by atoms with Crippen molar-refractivity contribution >= 4 is 26.0 Å². The summed E-state index contributed by atoms with van der Waals surface area (Å²) in [6.45, 7) is 6.00. The van der Waals surface area contributed by atoms with Gasteiger partial charge in [0.25, 0.3) is 0 Å². The first kappa shape index (κ1) is 15.7. The number of sulfonamides is 1. The van der Waals surface area contributed by atoms with Gasteiger partial charge < -0.3 is 0 Å². The topological polar surface area (TPSA) is 46.2 Å². The van der Waals surface area contributed by atoms with E-state index < -0.39 is 10.0 Å². The van der Waals surface area contributed by atoms with Gasteiger partial charge in [0, 0.05) is 11.4 Å². The second-order valence-electron chi connectivity index (χ2n) is 4.57. The lowest BCUT2D eigenvalue weighted by atomic mass is 10.0. The summed E-state index contributed by atoms with van der Waals surface area (Å²) < 4.78 is 27.0. The lowest BCUT2D eigenvalue weighted by molar-refractivity contribution is 0.434. The summed E-state index contributed by atoms with van der Waals surface area (Å²) in [5.41, 5.74) is 1.06. The summed E-state index contributed by atoms with van der Waals surface area (Å²) in [7, 11) is -3.40. The molecule has 0 aromatic heterocycles. The number of nitrogens with one attached hydrogen (secondary N) is 1. The predicted molar refractivity (Wildman–Crippen MR) is 78.3 cm³/mol. The van der Waals surface area contributed by atoms with Crippen molar-refractivity contribution in [1.29, 1.82) is 0 Å². The van der Waals surface area contributed by atoms with E-state index in [0.717, 1.165) is 17.3 Å². The molecule has 1 N–H and O–H groups in total. The van der Waals surface area contributed by atoms with E-state index in [1.165, 1.54) is 0 Å². The van der Waals surface area contributed by atoms with Gasteiger partial charge in [0.1, 0.15) is 0 Å². The molecule has 0 fully saturated rings. The van der Waals surface area contributed by atoms with Gasteiger partial charge in [0.05, 0.1) is 4.90 Å². The van der Waals surface area contributed by atoms with E-state index in [1.54, 1.807) is 12.1 Å². The van der Waals surface area contributed by atoms with Crippen LogP contribution in [0.3, 0.4) is 0 Å². The third-order valence-electron chi connectivity index (χ3n) is 3.23. The van der Waals surface area contributed by atoms with Crippen LogP contribution in [0.4, 0.5) is 0 Å². The Hall–Kier alpha value is -0.390. The summed E-state index contributed by atoms with van der Waals surface area (Å²) in [6.07, 6.45) is 0.951. The minimum Gasteiger partial charge on any atom is -0.208 e. The third-order valence-corrected chi connectivity index (χ3v) is 5.45. The molecule has 2 atom stereocenters. The van der Waals surface area contributed by atoms with E-state index in [0.29, 0.717) is 10.8 Å². The van der Waals surface area contributed by atoms with Crippen molar-refractivity contribution in [1.82, 2.24) is 4.72 Å². The van der Waals surface area contributed by atoms with E-state index in [2.05, 4.69) is 27.6 Å². The van der Waals surface area contributed by atoms with Crippen LogP contribution in [0.2, 0.25) is 0 Å². The molecular weight excluding hydrogens is 314 g/mol. The third kappa shape index (κ3) is 4.07. The fourth-order valence-electron chi connectivity index (χ4n) is 1.54. The molecule has 0 aliphatic carbocycles. The van der Waals surface area contributed by atoms with E-state index >= 15 is 0 Å². The first-order valence-corrected chi connectivity index (χ1v) is 8.68. The Labute approximate surface area is 118 Å². The minimum atomic E-state index is -3.40. The Bertz CT molecular complexity index is 470. The largest absolute Gasteiger partial charge is 0.240 e. The zero-order valence-corrected chi connectivity index (χ0v) is 13.4. The molecule has 0 aliphatic rings. The number of hydrogen-bond acceptors (Lipinski definition) is 2. The van der Waals surface area contributed by atoms with Crippen molar-refractivity contribution in [2.24, 2.45) is 5.92 Å². The van der Waals surface area contributed by atoms with Crippen LogP contribution in [0, 0.1) is 5.92 Å². The lowest BCUT2D eigenvalue weighted by Gasteiger charge is -2.19. The van der Waals surface area contributed by atoms with Crippen LogP contribution in [0.5, 0.6) is 0 Å². The van der Waals surface area contributed by atoms with Crippen molar-refractivity contribution in [3.8, 4) is 0 Å². The molecule has 0 saturated heterocycles. The zero-order chi connectivity index (χ0) is 13.8. The maximum absolute atomic E-state index is 12.1. The molecule has 102 valence electrons. The number of hydrogen-bond donors (Lipinski definition) is 1. The normalized spacial score (nSPS) is 15.3. The van der Waals surface area contributed by atoms with Gasteiger partial charge in [-0.25, -0.2) is 13.1 Å². The average Bonchev–Trinajstić information content (AvgIpc) is 2.37. The molecule has 0 aliphatic heterocycles. The molecule has 0 saturated carbocycles. The molecule has 1 aromatic carbocycles. The highest BCUT2D eigenvalue weighted by atomic mass is 79.9. The number of rotatable bonds is 6. The van der Waals surface area contributed by atoms with Crippen LogP contribution in [0.15, 0.2) is 29.2 Å². The summed E-state index contributed by atoms with van der Waals surface area (Å²) in [5.74, 6) is 0.321. The standard InChI is InChI=1S/C13H20BrNO2S/c1-4-10(2)11(3)15-18(16,17)13-7-5-12(9-14)6-8-13/h5-8,10-11,15H,4,9H2,1-3H3. The van der Waals surface area contributed by atoms with Crippen molar-refractivity contribution < 1.29 is 8.42 Å². The Kier molecular flexibility index (Phi) is 5.82. The van der Waals surface area contributed by atoms with Gasteiger partial charge in [-0.05, 0) is 30.5 Å². The molecule has 0 spiro atoms. The molecule has 0 radical (unpaired) electrons. The predicted octanol–water partition coefficient (Wildman–Crippen LogP) is 3.29. The SMILES string of the molecule is CCC(C)C(C)NS(=O)(=O)c1ccc(CBr)cc1. The number of halogens is 1. The fraction of sp³-hybridized carbons (Fsp3) is 0.538. The molecule has 3 nitrogen and oxygen atoms in total. The highest BCUT2D eigenvalue weighted by Crippen LogP contribution is 2.15. The molecular formula is C13H20BrNO2S. The van der Waals surface area contributed by atoms with Gasteiger partial charge in [-0.3, -0.25) is 0 Å². The van der Waals surface area contributed by atoms with E-state index in [4.69, 9.17) is 0 Å². The second-order valence-corrected chi connectivity index (χ2v) is 6.85. The summed E-state index contributed by atoms with van der Waals surface area (Å²) in [6, 6.07) is 6.86. The zero-order valence-electron chi connectivity index (χ0n) is 11.0. The molecule has 5 heteroatoms. The molecule has 18 heavy (non-hydrogen) atoms. The van der Waals surface area contributed by atoms with Crippen molar-refractivity contribution in [3.05, 3.63) is 29.8 Å². The highest BCUT2D eigenvalue weighted by Gasteiger charge is 2.20. The van der Waals surface area contributed by atoms with E-state index in [9.17, 15) is 8.42 Å². The summed E-state index contributed by atoms with van der Waals surface area (Å²) >= 11 is 3.34. The second kappa shape index (κ2) is 6.68. The number of alkyl halides is 1. The Balaban J connectivity index is 2.85. The molecule has 1 rings (SSSR count). The van der Waals surface area contributed by atoms with Crippen molar-refractivity contribution in [2.75, 3.05) is 0 Å².